The average molecular weight is 262 g/mol. The second-order valence-electron chi connectivity index (χ2n) is 4.07. The molecule has 0 saturated carbocycles. The fourth-order valence-corrected chi connectivity index (χ4v) is 1.60. The lowest BCUT2D eigenvalue weighted by Crippen LogP contribution is -2.11. The predicted molar refractivity (Wildman–Crippen MR) is 68.6 cm³/mol. The first-order chi connectivity index (χ1) is 8.97. The maximum atomic E-state index is 13.8. The average Bonchev–Trinajstić information content (AvgIpc) is 2.34. The van der Waals surface area contributed by atoms with E-state index in [1.807, 2.05) is 0 Å². The molecule has 0 bridgehead atoms. The maximum Gasteiger partial charge on any atom is 0.166 e. The monoisotopic (exact) mass is 262 g/mol. The van der Waals surface area contributed by atoms with Crippen molar-refractivity contribution < 1.29 is 13.5 Å². The van der Waals surface area contributed by atoms with Crippen LogP contribution in [0, 0.1) is 24.0 Å². The number of aryl methyl sites for hydroxylation is 1. The standard InChI is InChI=1S/C14H12F2N2O/c1-8-6-10(15)3-5-12(8)19-13-4-2-9(14(17)18)7-11(13)16/h2-7H,1H3,(H3,17,18). The molecule has 19 heavy (non-hydrogen) atoms. The normalized spacial score (nSPS) is 10.3. The molecule has 0 amide bonds. The van der Waals surface area contributed by atoms with Crippen LogP contribution >= 0.6 is 0 Å². The Morgan fingerprint density at radius 1 is 1.11 bits per heavy atom. The highest BCUT2D eigenvalue weighted by molar-refractivity contribution is 5.95. The molecular formula is C14H12F2N2O. The van der Waals surface area contributed by atoms with E-state index in [2.05, 4.69) is 0 Å². The number of rotatable bonds is 3. The van der Waals surface area contributed by atoms with E-state index in [1.54, 1.807) is 6.92 Å². The van der Waals surface area contributed by atoms with Crippen molar-refractivity contribution in [3.63, 3.8) is 0 Å². The summed E-state index contributed by atoms with van der Waals surface area (Å²) >= 11 is 0. The van der Waals surface area contributed by atoms with Gasteiger partial charge in [-0.3, -0.25) is 5.41 Å². The molecule has 3 nitrogen and oxygen atoms in total. The minimum atomic E-state index is -0.628. The molecule has 3 N–H and O–H groups in total. The molecule has 0 unspecified atom stereocenters. The van der Waals surface area contributed by atoms with Crippen molar-refractivity contribution >= 4 is 5.84 Å². The summed E-state index contributed by atoms with van der Waals surface area (Å²) < 4.78 is 32.1. The molecule has 5 heteroatoms. The first-order valence-electron chi connectivity index (χ1n) is 5.55. The van der Waals surface area contributed by atoms with Gasteiger partial charge in [-0.2, -0.15) is 0 Å². The zero-order valence-electron chi connectivity index (χ0n) is 10.2. The Balaban J connectivity index is 2.31. The number of benzene rings is 2. The van der Waals surface area contributed by atoms with Gasteiger partial charge in [0.05, 0.1) is 0 Å². The van der Waals surface area contributed by atoms with Crippen molar-refractivity contribution in [3.8, 4) is 11.5 Å². The van der Waals surface area contributed by atoms with Crippen LogP contribution in [0.25, 0.3) is 0 Å². The lowest BCUT2D eigenvalue weighted by molar-refractivity contribution is 0.438. The molecule has 0 spiro atoms. The number of ether oxygens (including phenoxy) is 1. The van der Waals surface area contributed by atoms with Crippen molar-refractivity contribution in [1.29, 1.82) is 5.41 Å². The molecule has 0 heterocycles. The molecule has 0 aliphatic rings. The summed E-state index contributed by atoms with van der Waals surface area (Å²) in [5.74, 6) is -0.854. The molecule has 0 aliphatic carbocycles. The van der Waals surface area contributed by atoms with Crippen LogP contribution in [0.4, 0.5) is 8.78 Å². The minimum Gasteiger partial charge on any atom is -0.454 e. The highest BCUT2D eigenvalue weighted by atomic mass is 19.1. The van der Waals surface area contributed by atoms with E-state index in [9.17, 15) is 8.78 Å². The molecule has 0 radical (unpaired) electrons. The summed E-state index contributed by atoms with van der Waals surface area (Å²) in [5, 5.41) is 7.21. The Morgan fingerprint density at radius 2 is 1.79 bits per heavy atom. The summed E-state index contributed by atoms with van der Waals surface area (Å²) in [6.45, 7) is 1.67. The van der Waals surface area contributed by atoms with Gasteiger partial charge in [0.2, 0.25) is 0 Å². The highest BCUT2D eigenvalue weighted by Gasteiger charge is 2.09. The van der Waals surface area contributed by atoms with Gasteiger partial charge in [0.15, 0.2) is 11.6 Å². The fraction of sp³-hybridized carbons (Fsp3) is 0.0714. The van der Waals surface area contributed by atoms with Crippen LogP contribution in [0.2, 0.25) is 0 Å². The van der Waals surface area contributed by atoms with Crippen LogP contribution in [-0.4, -0.2) is 5.84 Å². The largest absolute Gasteiger partial charge is 0.454 e. The summed E-state index contributed by atoms with van der Waals surface area (Å²) in [6, 6.07) is 7.97. The minimum absolute atomic E-state index is 0.000270. The fourth-order valence-electron chi connectivity index (χ4n) is 1.60. The highest BCUT2D eigenvalue weighted by Crippen LogP contribution is 2.28. The van der Waals surface area contributed by atoms with Crippen LogP contribution in [0.5, 0.6) is 11.5 Å². The number of hydrogen-bond donors (Lipinski definition) is 2. The van der Waals surface area contributed by atoms with E-state index in [4.69, 9.17) is 15.9 Å². The second kappa shape index (κ2) is 5.06. The van der Waals surface area contributed by atoms with Gasteiger partial charge in [0, 0.05) is 5.56 Å². The molecule has 2 aromatic rings. The number of nitrogens with two attached hydrogens (primary N) is 1. The van der Waals surface area contributed by atoms with E-state index >= 15 is 0 Å². The maximum absolute atomic E-state index is 13.8. The van der Waals surface area contributed by atoms with Crippen LogP contribution < -0.4 is 10.5 Å². The Kier molecular flexibility index (Phi) is 3.46. The Hall–Kier alpha value is -2.43. The SMILES string of the molecule is Cc1cc(F)ccc1Oc1ccc(C(=N)N)cc1F. The summed E-state index contributed by atoms with van der Waals surface area (Å²) in [4.78, 5) is 0. The Morgan fingerprint density at radius 3 is 2.37 bits per heavy atom. The molecule has 0 atom stereocenters. The molecular weight excluding hydrogens is 250 g/mol. The molecule has 0 aromatic heterocycles. The zero-order valence-corrected chi connectivity index (χ0v) is 10.2. The van der Waals surface area contributed by atoms with E-state index in [1.165, 1.54) is 30.3 Å². The summed E-state index contributed by atoms with van der Waals surface area (Å²) in [6.07, 6.45) is 0. The summed E-state index contributed by atoms with van der Waals surface area (Å²) in [7, 11) is 0. The summed E-state index contributed by atoms with van der Waals surface area (Å²) in [5.41, 5.74) is 6.10. The smallest absolute Gasteiger partial charge is 0.166 e. The molecule has 0 aliphatic heterocycles. The number of hydrogen-bond acceptors (Lipinski definition) is 2. The number of amidine groups is 1. The van der Waals surface area contributed by atoms with Crippen LogP contribution in [0.3, 0.4) is 0 Å². The number of halogens is 2. The third-order valence-electron chi connectivity index (χ3n) is 2.60. The molecule has 0 saturated heterocycles. The van der Waals surface area contributed by atoms with Gasteiger partial charge >= 0.3 is 0 Å². The predicted octanol–water partition coefficient (Wildman–Crippen LogP) is 3.35. The van der Waals surface area contributed by atoms with Crippen LogP contribution in [-0.2, 0) is 0 Å². The topological polar surface area (TPSA) is 59.1 Å². The van der Waals surface area contributed by atoms with Crippen LogP contribution in [0.15, 0.2) is 36.4 Å². The molecule has 2 aromatic carbocycles. The quantitative estimate of drug-likeness (QED) is 0.658. The van der Waals surface area contributed by atoms with E-state index in [0.717, 1.165) is 6.07 Å². The van der Waals surface area contributed by atoms with Crippen molar-refractivity contribution in [2.75, 3.05) is 0 Å². The van der Waals surface area contributed by atoms with Gasteiger partial charge in [-0.25, -0.2) is 8.78 Å². The van der Waals surface area contributed by atoms with Gasteiger partial charge in [-0.15, -0.1) is 0 Å². The third kappa shape index (κ3) is 2.88. The Bertz CT molecular complexity index is 641. The van der Waals surface area contributed by atoms with E-state index < -0.39 is 5.82 Å². The van der Waals surface area contributed by atoms with Gasteiger partial charge in [-0.05, 0) is 48.9 Å². The lowest BCUT2D eigenvalue weighted by Gasteiger charge is -2.10. The van der Waals surface area contributed by atoms with Crippen molar-refractivity contribution in [2.24, 2.45) is 5.73 Å². The number of nitrogen functional groups attached to an aromatic ring is 1. The first-order valence-corrected chi connectivity index (χ1v) is 5.55. The zero-order chi connectivity index (χ0) is 14.0. The molecule has 0 fully saturated rings. The van der Waals surface area contributed by atoms with Crippen LogP contribution in [0.1, 0.15) is 11.1 Å². The molecule has 2 rings (SSSR count). The van der Waals surface area contributed by atoms with Crippen molar-refractivity contribution in [3.05, 3.63) is 59.2 Å². The van der Waals surface area contributed by atoms with Crippen molar-refractivity contribution in [1.82, 2.24) is 0 Å². The van der Waals surface area contributed by atoms with Gasteiger partial charge < -0.3 is 10.5 Å². The van der Waals surface area contributed by atoms with E-state index in [-0.39, 0.29) is 23.0 Å². The third-order valence-corrected chi connectivity index (χ3v) is 2.60. The lowest BCUT2D eigenvalue weighted by atomic mass is 10.2. The Labute approximate surface area is 109 Å². The van der Waals surface area contributed by atoms with Gasteiger partial charge in [0.1, 0.15) is 17.4 Å². The first kappa shape index (κ1) is 13.0. The molecule has 98 valence electrons. The second-order valence-corrected chi connectivity index (χ2v) is 4.07. The van der Waals surface area contributed by atoms with Crippen molar-refractivity contribution in [2.45, 2.75) is 6.92 Å². The van der Waals surface area contributed by atoms with Gasteiger partial charge in [-0.1, -0.05) is 0 Å². The van der Waals surface area contributed by atoms with Gasteiger partial charge in [0.25, 0.3) is 0 Å². The number of nitrogens with one attached hydrogen (secondary N) is 1. The van der Waals surface area contributed by atoms with E-state index in [0.29, 0.717) is 11.3 Å².